The Balaban J connectivity index is 2.06. The smallest absolute Gasteiger partial charge is 0.493 e. The highest BCUT2D eigenvalue weighted by atomic mass is 19.4. The van der Waals surface area contributed by atoms with E-state index in [9.17, 15) is 18.0 Å². The number of rotatable bonds is 6. The predicted molar refractivity (Wildman–Crippen MR) is 137 cm³/mol. The van der Waals surface area contributed by atoms with E-state index in [2.05, 4.69) is 0 Å². The lowest BCUT2D eigenvalue weighted by Gasteiger charge is -2.32. The van der Waals surface area contributed by atoms with Crippen LogP contribution in [0.15, 0.2) is 30.3 Å². The molecule has 0 amide bonds. The number of hydrogen-bond donors (Lipinski definition) is 0. The lowest BCUT2D eigenvalue weighted by Crippen LogP contribution is -2.41. The van der Waals surface area contributed by atoms with E-state index in [0.717, 1.165) is 25.2 Å². The molecule has 0 spiro atoms. The zero-order chi connectivity index (χ0) is 28.0. The molecule has 0 bridgehead atoms. The van der Waals surface area contributed by atoms with Crippen molar-refractivity contribution >= 4 is 18.6 Å². The summed E-state index contributed by atoms with van der Waals surface area (Å²) in [5.74, 6) is -0.244. The molecule has 2 aliphatic heterocycles. The van der Waals surface area contributed by atoms with E-state index < -0.39 is 48.2 Å². The molecule has 2 aliphatic rings. The molecule has 1 saturated heterocycles. The molecule has 6 nitrogen and oxygen atoms in total. The highest BCUT2D eigenvalue weighted by molar-refractivity contribution is 6.64. The second-order valence-corrected chi connectivity index (χ2v) is 10.9. The number of carbonyl (C=O) groups is 1. The summed E-state index contributed by atoms with van der Waals surface area (Å²) in [6, 6.07) is 7.58. The summed E-state index contributed by atoms with van der Waals surface area (Å²) in [7, 11) is 0.140. The van der Waals surface area contributed by atoms with Gasteiger partial charge in [-0.05, 0) is 94.7 Å². The van der Waals surface area contributed by atoms with Crippen LogP contribution in [0.3, 0.4) is 0 Å². The minimum Gasteiger partial charge on any atom is -0.493 e. The molecule has 0 radical (unpaired) electrons. The van der Waals surface area contributed by atoms with Crippen molar-refractivity contribution in [3.63, 3.8) is 0 Å². The minimum absolute atomic E-state index is 0.169. The van der Waals surface area contributed by atoms with Gasteiger partial charge >= 0.3 is 19.3 Å². The van der Waals surface area contributed by atoms with Crippen molar-refractivity contribution in [1.29, 1.82) is 0 Å². The Morgan fingerprint density at radius 2 is 1.71 bits per heavy atom. The van der Waals surface area contributed by atoms with Gasteiger partial charge in [0.15, 0.2) is 6.10 Å². The summed E-state index contributed by atoms with van der Waals surface area (Å²) in [6.45, 7) is 11.3. The van der Waals surface area contributed by atoms with Gasteiger partial charge in [-0.25, -0.2) is 4.79 Å². The number of hydrogen-bond acceptors (Lipinski definition) is 6. The van der Waals surface area contributed by atoms with Crippen molar-refractivity contribution in [3.05, 3.63) is 47.0 Å². The van der Waals surface area contributed by atoms with E-state index in [1.165, 1.54) is 6.07 Å². The largest absolute Gasteiger partial charge is 0.495 e. The van der Waals surface area contributed by atoms with Crippen molar-refractivity contribution in [3.8, 4) is 16.9 Å². The van der Waals surface area contributed by atoms with Gasteiger partial charge in [0.2, 0.25) is 0 Å². The van der Waals surface area contributed by atoms with Gasteiger partial charge in [0.25, 0.3) is 0 Å². The third kappa shape index (κ3) is 5.31. The lowest BCUT2D eigenvalue weighted by atomic mass is 9.71. The Labute approximate surface area is 221 Å². The molecule has 0 N–H and O–H groups in total. The van der Waals surface area contributed by atoms with Crippen molar-refractivity contribution in [2.75, 3.05) is 13.7 Å². The normalized spacial score (nSPS) is 19.2. The molecule has 2 aromatic carbocycles. The van der Waals surface area contributed by atoms with Crippen molar-refractivity contribution in [2.45, 2.75) is 84.0 Å². The standard InChI is InChI=1S/C28H34BF3O6/c1-16(2)36-24(25(33)34-7)23-19(28(30,31)32)11-12-20(29-37-26(3,4)27(5,6)38-29)22(23)18-10-13-21-17(15-18)9-8-14-35-21/h10-13,15-16,24H,8-9,14H2,1-7H3. The van der Waals surface area contributed by atoms with Gasteiger partial charge in [0.1, 0.15) is 5.75 Å². The van der Waals surface area contributed by atoms with Crippen LogP contribution in [-0.2, 0) is 36.2 Å². The second-order valence-electron chi connectivity index (χ2n) is 10.9. The monoisotopic (exact) mass is 534 g/mol. The van der Waals surface area contributed by atoms with Crippen LogP contribution in [0.2, 0.25) is 0 Å². The van der Waals surface area contributed by atoms with E-state index in [-0.39, 0.29) is 11.1 Å². The van der Waals surface area contributed by atoms with Gasteiger partial charge in [-0.1, -0.05) is 12.1 Å². The van der Waals surface area contributed by atoms with Crippen LogP contribution in [0, 0.1) is 0 Å². The van der Waals surface area contributed by atoms with Gasteiger partial charge in [-0.3, -0.25) is 0 Å². The fourth-order valence-electron chi connectivity index (χ4n) is 4.78. The van der Waals surface area contributed by atoms with Crippen molar-refractivity contribution in [1.82, 2.24) is 0 Å². The fraction of sp³-hybridized carbons (Fsp3) is 0.536. The number of aryl methyl sites for hydroxylation is 1. The minimum atomic E-state index is -4.78. The van der Waals surface area contributed by atoms with Gasteiger partial charge in [0, 0.05) is 5.56 Å². The molecule has 4 rings (SSSR count). The van der Waals surface area contributed by atoms with E-state index in [1.54, 1.807) is 26.0 Å². The Bertz CT molecular complexity index is 1190. The molecule has 38 heavy (non-hydrogen) atoms. The van der Waals surface area contributed by atoms with Gasteiger partial charge < -0.3 is 23.5 Å². The average Bonchev–Trinajstić information content (AvgIpc) is 3.06. The van der Waals surface area contributed by atoms with Crippen molar-refractivity contribution in [2.24, 2.45) is 0 Å². The topological polar surface area (TPSA) is 63.2 Å². The van der Waals surface area contributed by atoms with Crippen LogP contribution in [-0.4, -0.2) is 44.1 Å². The Kier molecular flexibility index (Phi) is 7.64. The van der Waals surface area contributed by atoms with Crippen molar-refractivity contribution < 1.29 is 41.5 Å². The van der Waals surface area contributed by atoms with E-state index in [1.807, 2.05) is 33.8 Å². The van der Waals surface area contributed by atoms with Crippen LogP contribution in [0.25, 0.3) is 11.1 Å². The fourth-order valence-corrected chi connectivity index (χ4v) is 4.78. The highest BCUT2D eigenvalue weighted by Crippen LogP contribution is 2.44. The molecule has 1 fully saturated rings. The summed E-state index contributed by atoms with van der Waals surface area (Å²) in [5, 5.41) is 0. The molecular formula is C28H34BF3O6. The number of fused-ring (bicyclic) bond motifs is 1. The Hall–Kier alpha value is -2.56. The molecule has 2 aromatic rings. The zero-order valence-corrected chi connectivity index (χ0v) is 22.8. The number of methoxy groups -OCH3 is 1. The molecular weight excluding hydrogens is 500 g/mol. The average molecular weight is 534 g/mol. The van der Waals surface area contributed by atoms with Crippen LogP contribution in [0.1, 0.15) is 70.8 Å². The van der Waals surface area contributed by atoms with E-state index in [4.69, 9.17) is 23.5 Å². The number of benzene rings is 2. The number of esters is 1. The molecule has 206 valence electrons. The van der Waals surface area contributed by atoms with Crippen LogP contribution < -0.4 is 10.2 Å². The molecule has 0 aliphatic carbocycles. The van der Waals surface area contributed by atoms with Crippen LogP contribution >= 0.6 is 0 Å². The van der Waals surface area contributed by atoms with Gasteiger partial charge in [0.05, 0.1) is 36.6 Å². The second kappa shape index (κ2) is 10.2. The summed E-state index contributed by atoms with van der Waals surface area (Å²) in [4.78, 5) is 13.0. The number of alkyl halides is 3. The molecule has 2 heterocycles. The summed E-state index contributed by atoms with van der Waals surface area (Å²) < 4.78 is 72.7. The highest BCUT2D eigenvalue weighted by Gasteiger charge is 2.53. The first-order valence-electron chi connectivity index (χ1n) is 12.8. The maximum absolute atomic E-state index is 14.5. The maximum atomic E-state index is 14.5. The first kappa shape index (κ1) is 28.5. The molecule has 10 heteroatoms. The maximum Gasteiger partial charge on any atom is 0.495 e. The third-order valence-corrected chi connectivity index (χ3v) is 7.37. The third-order valence-electron chi connectivity index (χ3n) is 7.37. The van der Waals surface area contributed by atoms with Crippen LogP contribution in [0.5, 0.6) is 5.75 Å². The number of halogens is 3. The zero-order valence-electron chi connectivity index (χ0n) is 22.8. The first-order valence-corrected chi connectivity index (χ1v) is 12.8. The number of ether oxygens (including phenoxy) is 3. The summed E-state index contributed by atoms with van der Waals surface area (Å²) in [5.41, 5.74) is -0.917. The Morgan fingerprint density at radius 1 is 1.05 bits per heavy atom. The lowest BCUT2D eigenvalue weighted by molar-refractivity contribution is -0.159. The quantitative estimate of drug-likeness (QED) is 0.354. The van der Waals surface area contributed by atoms with Gasteiger partial charge in [-0.2, -0.15) is 13.2 Å². The summed E-state index contributed by atoms with van der Waals surface area (Å²) in [6.07, 6.45) is -5.47. The molecule has 1 unspecified atom stereocenters. The summed E-state index contributed by atoms with van der Waals surface area (Å²) >= 11 is 0. The Morgan fingerprint density at radius 3 is 2.29 bits per heavy atom. The molecule has 0 saturated carbocycles. The van der Waals surface area contributed by atoms with Crippen LogP contribution in [0.4, 0.5) is 13.2 Å². The number of carbonyl (C=O) groups excluding carboxylic acids is 1. The van der Waals surface area contributed by atoms with E-state index >= 15 is 0 Å². The predicted octanol–water partition coefficient (Wildman–Crippen LogP) is 5.64. The first-order chi connectivity index (χ1) is 17.7. The van der Waals surface area contributed by atoms with E-state index in [0.29, 0.717) is 29.8 Å². The SMILES string of the molecule is COC(=O)C(OC(C)C)c1c(C(F)(F)F)ccc(B2OC(C)(C)C(C)(C)O2)c1-c1ccc2c(c1)CCCO2. The van der Waals surface area contributed by atoms with Gasteiger partial charge in [-0.15, -0.1) is 0 Å². The molecule has 0 aromatic heterocycles. The molecule has 1 atom stereocenters.